The van der Waals surface area contributed by atoms with E-state index in [-0.39, 0.29) is 10.0 Å². The summed E-state index contributed by atoms with van der Waals surface area (Å²) in [5.41, 5.74) is -3.68. The Balaban J connectivity index is 2.52. The number of amides is 1. The first-order valence-corrected chi connectivity index (χ1v) is 7.46. The smallest absolute Gasteiger partial charge is 0.441 e. The number of aromatic nitrogens is 1. The van der Waals surface area contributed by atoms with Gasteiger partial charge in [0.15, 0.2) is 5.76 Å². The second kappa shape index (κ2) is 7.42. The first-order valence-electron chi connectivity index (χ1n) is 6.71. The van der Waals surface area contributed by atoms with Gasteiger partial charge in [-0.1, -0.05) is 23.2 Å². The number of pyridine rings is 1. The van der Waals surface area contributed by atoms with E-state index in [9.17, 15) is 22.8 Å². The van der Waals surface area contributed by atoms with E-state index in [0.717, 1.165) is 31.7 Å². The molecule has 1 atom stereocenters. The molecule has 2 N–H and O–H groups in total. The minimum absolute atomic E-state index is 0.0517. The summed E-state index contributed by atoms with van der Waals surface area (Å²) >= 11 is 11.5. The minimum atomic E-state index is -5.34. The van der Waals surface area contributed by atoms with Gasteiger partial charge in [-0.15, -0.1) is 0 Å². The zero-order chi connectivity index (χ0) is 19.5. The number of hydrogen-bond donors (Lipinski definition) is 2. The normalized spacial score (nSPS) is 13.6. The van der Waals surface area contributed by atoms with Crippen LogP contribution in [0.25, 0.3) is 0 Å². The average Bonchev–Trinajstić information content (AvgIpc) is 3.09. The molecule has 1 amide bonds. The highest BCUT2D eigenvalue weighted by atomic mass is 35.5. The van der Waals surface area contributed by atoms with Gasteiger partial charge < -0.3 is 19.8 Å². The number of anilines is 1. The van der Waals surface area contributed by atoms with Crippen molar-refractivity contribution < 1.29 is 31.9 Å². The van der Waals surface area contributed by atoms with Gasteiger partial charge >= 0.3 is 17.8 Å². The third kappa shape index (κ3) is 3.86. The van der Waals surface area contributed by atoms with Crippen molar-refractivity contribution in [2.45, 2.75) is 11.8 Å². The number of furan rings is 1. The highest BCUT2D eigenvalue weighted by molar-refractivity contribution is 6.36. The lowest BCUT2D eigenvalue weighted by Gasteiger charge is -2.34. The van der Waals surface area contributed by atoms with E-state index >= 15 is 0 Å². The number of nitrogens with zero attached hydrogens (tertiary/aromatic N) is 1. The number of halogens is 5. The van der Waals surface area contributed by atoms with Crippen molar-refractivity contribution in [3.05, 3.63) is 46.5 Å². The Morgan fingerprint density at radius 1 is 1.31 bits per heavy atom. The van der Waals surface area contributed by atoms with Crippen LogP contribution in [0, 0.1) is 0 Å². The molecule has 0 radical (unpaired) electrons. The number of ether oxygens (including phenoxy) is 1. The molecule has 2 aromatic rings. The molecule has 140 valence electrons. The monoisotopic (exact) mass is 411 g/mol. The lowest BCUT2D eigenvalue weighted by Crippen LogP contribution is -2.69. The number of carbonyl (C=O) groups is 2. The molecule has 0 spiro atoms. The van der Waals surface area contributed by atoms with Crippen molar-refractivity contribution in [2.75, 3.05) is 12.4 Å². The Morgan fingerprint density at radius 2 is 2.00 bits per heavy atom. The number of methoxy groups -OCH3 is 1. The van der Waals surface area contributed by atoms with Crippen molar-refractivity contribution in [3.63, 3.8) is 0 Å². The SMILES string of the molecule is COC(=O)[C@@](NC(=O)c1ccco1)(Nc1ncc(Cl)cc1Cl)C(F)(F)F. The highest BCUT2D eigenvalue weighted by Crippen LogP contribution is 2.35. The van der Waals surface area contributed by atoms with Crippen LogP contribution >= 0.6 is 23.2 Å². The standard InChI is InChI=1S/C14H10Cl2F3N3O4/c1-25-12(24)13(14(17,18)19,22-11(23)9-3-2-4-26-9)21-10-8(16)5-7(15)6-20-10/h2-6H,1H3,(H,20,21)(H,22,23)/t13-/m0/s1. The minimum Gasteiger partial charge on any atom is -0.466 e. The Bertz CT molecular complexity index is 814. The van der Waals surface area contributed by atoms with Crippen LogP contribution in [0.4, 0.5) is 19.0 Å². The van der Waals surface area contributed by atoms with E-state index in [2.05, 4.69) is 9.72 Å². The fourth-order valence-electron chi connectivity index (χ4n) is 1.87. The highest BCUT2D eigenvalue weighted by Gasteiger charge is 2.64. The van der Waals surface area contributed by atoms with Crippen molar-refractivity contribution in [2.24, 2.45) is 0 Å². The largest absolute Gasteiger partial charge is 0.466 e. The summed E-state index contributed by atoms with van der Waals surface area (Å²) in [5.74, 6) is -4.19. The van der Waals surface area contributed by atoms with Gasteiger partial charge in [0.25, 0.3) is 5.91 Å². The zero-order valence-electron chi connectivity index (χ0n) is 12.9. The van der Waals surface area contributed by atoms with Crippen LogP contribution in [-0.4, -0.2) is 35.8 Å². The summed E-state index contributed by atoms with van der Waals surface area (Å²) in [6, 6.07) is 3.50. The molecule has 0 fully saturated rings. The molecule has 2 aromatic heterocycles. The maximum Gasteiger partial charge on any atom is 0.441 e. The maximum absolute atomic E-state index is 13.8. The predicted molar refractivity (Wildman–Crippen MR) is 84.9 cm³/mol. The molecule has 0 unspecified atom stereocenters. The Labute approximate surface area is 154 Å². The molecule has 2 heterocycles. The first-order chi connectivity index (χ1) is 12.1. The summed E-state index contributed by atoms with van der Waals surface area (Å²) in [6.45, 7) is 0. The molecule has 12 heteroatoms. The molecule has 0 aliphatic heterocycles. The van der Waals surface area contributed by atoms with Gasteiger partial charge in [0.05, 0.1) is 23.4 Å². The van der Waals surface area contributed by atoms with Crippen molar-refractivity contribution in [3.8, 4) is 0 Å². The molecule has 2 rings (SSSR count). The summed E-state index contributed by atoms with van der Waals surface area (Å²) in [6.07, 6.45) is -3.26. The Morgan fingerprint density at radius 3 is 2.50 bits per heavy atom. The molecule has 26 heavy (non-hydrogen) atoms. The van der Waals surface area contributed by atoms with Gasteiger partial charge in [0.1, 0.15) is 5.82 Å². The molecule has 0 saturated heterocycles. The molecule has 0 bridgehead atoms. The van der Waals surface area contributed by atoms with Crippen LogP contribution in [0.15, 0.2) is 35.1 Å². The summed E-state index contributed by atoms with van der Waals surface area (Å²) in [4.78, 5) is 27.7. The van der Waals surface area contributed by atoms with E-state index in [1.54, 1.807) is 5.32 Å². The third-order valence-corrected chi connectivity index (χ3v) is 3.57. The number of rotatable bonds is 5. The number of carbonyl (C=O) groups excluding carboxylic acids is 2. The van der Waals surface area contributed by atoms with E-state index in [1.807, 2.05) is 0 Å². The summed E-state index contributed by atoms with van der Waals surface area (Å²) in [5, 5.41) is 3.07. The number of esters is 1. The van der Waals surface area contributed by atoms with Gasteiger partial charge in [-0.2, -0.15) is 13.2 Å². The first kappa shape index (κ1) is 19.9. The number of alkyl halides is 3. The van der Waals surface area contributed by atoms with Crippen molar-refractivity contribution >= 4 is 40.9 Å². The third-order valence-electron chi connectivity index (χ3n) is 3.08. The average molecular weight is 412 g/mol. The van der Waals surface area contributed by atoms with E-state index in [0.29, 0.717) is 0 Å². The van der Waals surface area contributed by atoms with E-state index in [1.165, 1.54) is 11.4 Å². The molecule has 0 aliphatic rings. The van der Waals surface area contributed by atoms with Crippen LogP contribution in [0.3, 0.4) is 0 Å². The second-order valence-corrected chi connectivity index (χ2v) is 5.62. The van der Waals surface area contributed by atoms with Gasteiger partial charge in [-0.25, -0.2) is 9.78 Å². The molecular weight excluding hydrogens is 402 g/mol. The van der Waals surface area contributed by atoms with Crippen LogP contribution in [-0.2, 0) is 9.53 Å². The fraction of sp³-hybridized carbons (Fsp3) is 0.214. The number of hydrogen-bond acceptors (Lipinski definition) is 6. The van der Waals surface area contributed by atoms with Crippen LogP contribution in [0.2, 0.25) is 10.0 Å². The quantitative estimate of drug-likeness (QED) is 0.579. The van der Waals surface area contributed by atoms with Gasteiger partial charge in [0, 0.05) is 6.20 Å². The summed E-state index contributed by atoms with van der Waals surface area (Å²) in [7, 11) is 0.723. The molecule has 0 aromatic carbocycles. The summed E-state index contributed by atoms with van der Waals surface area (Å²) < 4.78 is 50.4. The van der Waals surface area contributed by atoms with Crippen LogP contribution in [0.5, 0.6) is 0 Å². The van der Waals surface area contributed by atoms with Crippen LogP contribution < -0.4 is 10.6 Å². The lowest BCUT2D eigenvalue weighted by molar-refractivity contribution is -0.203. The van der Waals surface area contributed by atoms with E-state index < -0.39 is 35.3 Å². The topological polar surface area (TPSA) is 93.5 Å². The predicted octanol–water partition coefficient (Wildman–Crippen LogP) is 3.25. The lowest BCUT2D eigenvalue weighted by atomic mass is 10.1. The van der Waals surface area contributed by atoms with Gasteiger partial charge in [0.2, 0.25) is 0 Å². The van der Waals surface area contributed by atoms with Gasteiger partial charge in [-0.3, -0.25) is 4.79 Å². The molecule has 0 aliphatic carbocycles. The fourth-order valence-corrected chi connectivity index (χ4v) is 2.30. The van der Waals surface area contributed by atoms with E-state index in [4.69, 9.17) is 27.6 Å². The Hall–Kier alpha value is -2.46. The van der Waals surface area contributed by atoms with Crippen molar-refractivity contribution in [1.82, 2.24) is 10.3 Å². The van der Waals surface area contributed by atoms with Crippen LogP contribution in [0.1, 0.15) is 10.6 Å². The van der Waals surface area contributed by atoms with Gasteiger partial charge in [-0.05, 0) is 18.2 Å². The second-order valence-electron chi connectivity index (χ2n) is 4.78. The molecule has 7 nitrogen and oxygen atoms in total. The number of nitrogens with one attached hydrogen (secondary N) is 2. The van der Waals surface area contributed by atoms with Crippen molar-refractivity contribution in [1.29, 1.82) is 0 Å². The zero-order valence-corrected chi connectivity index (χ0v) is 14.4. The molecular formula is C14H10Cl2F3N3O4. The maximum atomic E-state index is 13.8. The Kier molecular flexibility index (Phi) is 5.67. The molecule has 0 saturated carbocycles.